The average molecular weight is 262 g/mol. The van der Waals surface area contributed by atoms with Gasteiger partial charge in [0.2, 0.25) is 0 Å². The Balaban J connectivity index is 2.48. The minimum atomic E-state index is 0.502. The van der Waals surface area contributed by atoms with Gasteiger partial charge in [-0.15, -0.1) is 0 Å². The minimum absolute atomic E-state index is 0.502. The number of aryl methyl sites for hydroxylation is 1. The first kappa shape index (κ1) is 12.9. The monoisotopic (exact) mass is 261 g/mol. The van der Waals surface area contributed by atoms with E-state index in [1.54, 1.807) is 7.11 Å². The SMILES string of the molecule is COc1ccc(-c2ccc(CN)cc2Cl)c(C)c1. The van der Waals surface area contributed by atoms with E-state index in [2.05, 4.69) is 0 Å². The molecule has 2 aromatic rings. The van der Waals surface area contributed by atoms with Crippen LogP contribution in [0.2, 0.25) is 5.02 Å². The summed E-state index contributed by atoms with van der Waals surface area (Å²) in [4.78, 5) is 0. The van der Waals surface area contributed by atoms with Gasteiger partial charge in [-0.1, -0.05) is 29.8 Å². The molecule has 0 aliphatic heterocycles. The van der Waals surface area contributed by atoms with Crippen LogP contribution in [0.25, 0.3) is 11.1 Å². The summed E-state index contributed by atoms with van der Waals surface area (Å²) in [5.41, 5.74) is 9.91. The minimum Gasteiger partial charge on any atom is -0.497 e. The molecule has 0 bridgehead atoms. The summed E-state index contributed by atoms with van der Waals surface area (Å²) in [6.45, 7) is 2.55. The first-order valence-electron chi connectivity index (χ1n) is 5.79. The zero-order valence-electron chi connectivity index (χ0n) is 10.5. The van der Waals surface area contributed by atoms with Crippen molar-refractivity contribution in [2.24, 2.45) is 5.73 Å². The molecular weight excluding hydrogens is 246 g/mol. The number of rotatable bonds is 3. The van der Waals surface area contributed by atoms with Crippen molar-refractivity contribution in [3.8, 4) is 16.9 Å². The molecule has 2 rings (SSSR count). The van der Waals surface area contributed by atoms with Crippen molar-refractivity contribution < 1.29 is 4.74 Å². The highest BCUT2D eigenvalue weighted by Crippen LogP contribution is 2.32. The van der Waals surface area contributed by atoms with Crippen molar-refractivity contribution in [3.63, 3.8) is 0 Å². The predicted molar refractivity (Wildman–Crippen MR) is 76.1 cm³/mol. The highest BCUT2D eigenvalue weighted by Gasteiger charge is 2.08. The van der Waals surface area contributed by atoms with E-state index >= 15 is 0 Å². The molecule has 2 N–H and O–H groups in total. The van der Waals surface area contributed by atoms with Crippen molar-refractivity contribution >= 4 is 11.6 Å². The molecule has 94 valence electrons. The van der Waals surface area contributed by atoms with E-state index in [9.17, 15) is 0 Å². The Labute approximate surface area is 112 Å². The Bertz CT molecular complexity index is 515. The van der Waals surface area contributed by atoms with Crippen LogP contribution in [0.1, 0.15) is 11.1 Å². The fourth-order valence-electron chi connectivity index (χ4n) is 1.97. The normalized spacial score (nSPS) is 10.4. The largest absolute Gasteiger partial charge is 0.497 e. The van der Waals surface area contributed by atoms with E-state index in [0.29, 0.717) is 6.54 Å². The molecule has 18 heavy (non-hydrogen) atoms. The fourth-order valence-corrected chi connectivity index (χ4v) is 2.27. The molecule has 0 spiro atoms. The van der Waals surface area contributed by atoms with Gasteiger partial charge < -0.3 is 10.5 Å². The molecular formula is C15H16ClNO. The smallest absolute Gasteiger partial charge is 0.119 e. The molecule has 0 aliphatic rings. The second-order valence-corrected chi connectivity index (χ2v) is 4.61. The molecule has 0 radical (unpaired) electrons. The number of benzene rings is 2. The van der Waals surface area contributed by atoms with Crippen LogP contribution in [0, 0.1) is 6.92 Å². The van der Waals surface area contributed by atoms with Gasteiger partial charge in [-0.3, -0.25) is 0 Å². The zero-order valence-corrected chi connectivity index (χ0v) is 11.3. The number of nitrogens with two attached hydrogens (primary N) is 1. The molecule has 0 saturated carbocycles. The Kier molecular flexibility index (Phi) is 3.90. The fraction of sp³-hybridized carbons (Fsp3) is 0.200. The van der Waals surface area contributed by atoms with Crippen LogP contribution < -0.4 is 10.5 Å². The summed E-state index contributed by atoms with van der Waals surface area (Å²) in [6, 6.07) is 11.9. The number of methoxy groups -OCH3 is 1. The molecule has 2 nitrogen and oxygen atoms in total. The first-order chi connectivity index (χ1) is 8.65. The maximum absolute atomic E-state index is 6.30. The number of hydrogen-bond acceptors (Lipinski definition) is 2. The molecule has 0 heterocycles. The summed E-state index contributed by atoms with van der Waals surface area (Å²) in [6.07, 6.45) is 0. The van der Waals surface area contributed by atoms with Gasteiger partial charge in [0.05, 0.1) is 7.11 Å². The van der Waals surface area contributed by atoms with Gasteiger partial charge >= 0.3 is 0 Å². The third kappa shape index (κ3) is 2.50. The molecule has 0 aliphatic carbocycles. The third-order valence-electron chi connectivity index (χ3n) is 2.99. The number of ether oxygens (including phenoxy) is 1. The Hall–Kier alpha value is -1.51. The van der Waals surface area contributed by atoms with Gasteiger partial charge in [0.25, 0.3) is 0 Å². The van der Waals surface area contributed by atoms with Gasteiger partial charge in [0, 0.05) is 17.1 Å². The van der Waals surface area contributed by atoms with Crippen LogP contribution in [0.4, 0.5) is 0 Å². The van der Waals surface area contributed by atoms with Gasteiger partial charge in [0.1, 0.15) is 5.75 Å². The van der Waals surface area contributed by atoms with E-state index in [1.807, 2.05) is 43.3 Å². The highest BCUT2D eigenvalue weighted by atomic mass is 35.5. The molecule has 0 aromatic heterocycles. The standard InChI is InChI=1S/C15H16ClNO/c1-10-7-12(18-2)4-6-13(10)14-5-3-11(9-17)8-15(14)16/h3-8H,9,17H2,1-2H3. The lowest BCUT2D eigenvalue weighted by molar-refractivity contribution is 0.414. The summed E-state index contributed by atoms with van der Waals surface area (Å²) in [7, 11) is 1.66. The Morgan fingerprint density at radius 2 is 1.83 bits per heavy atom. The summed E-state index contributed by atoms with van der Waals surface area (Å²) in [5.74, 6) is 0.853. The zero-order chi connectivity index (χ0) is 13.1. The van der Waals surface area contributed by atoms with E-state index in [0.717, 1.165) is 33.0 Å². The van der Waals surface area contributed by atoms with Crippen LogP contribution in [0.3, 0.4) is 0 Å². The maximum atomic E-state index is 6.30. The molecule has 0 unspecified atom stereocenters. The quantitative estimate of drug-likeness (QED) is 0.913. The van der Waals surface area contributed by atoms with E-state index < -0.39 is 0 Å². The van der Waals surface area contributed by atoms with Crippen molar-refractivity contribution in [3.05, 3.63) is 52.5 Å². The van der Waals surface area contributed by atoms with Gasteiger partial charge in [-0.2, -0.15) is 0 Å². The average Bonchev–Trinajstić information content (AvgIpc) is 2.39. The molecule has 0 saturated heterocycles. The Morgan fingerprint density at radius 3 is 2.39 bits per heavy atom. The molecule has 0 atom stereocenters. The number of hydrogen-bond donors (Lipinski definition) is 1. The summed E-state index contributed by atoms with van der Waals surface area (Å²) in [5, 5.41) is 0.728. The third-order valence-corrected chi connectivity index (χ3v) is 3.31. The van der Waals surface area contributed by atoms with Crippen LogP contribution in [0.5, 0.6) is 5.75 Å². The second-order valence-electron chi connectivity index (χ2n) is 4.20. The second kappa shape index (κ2) is 5.42. The van der Waals surface area contributed by atoms with Crippen LogP contribution in [-0.4, -0.2) is 7.11 Å². The van der Waals surface area contributed by atoms with Crippen LogP contribution >= 0.6 is 11.6 Å². The van der Waals surface area contributed by atoms with E-state index in [-0.39, 0.29) is 0 Å². The Morgan fingerprint density at radius 1 is 1.11 bits per heavy atom. The molecule has 0 amide bonds. The van der Waals surface area contributed by atoms with Crippen molar-refractivity contribution in [1.82, 2.24) is 0 Å². The molecule has 2 aromatic carbocycles. The lowest BCUT2D eigenvalue weighted by Crippen LogP contribution is -1.96. The van der Waals surface area contributed by atoms with Crippen molar-refractivity contribution in [1.29, 1.82) is 0 Å². The number of halogens is 1. The highest BCUT2D eigenvalue weighted by molar-refractivity contribution is 6.33. The van der Waals surface area contributed by atoms with E-state index in [4.69, 9.17) is 22.1 Å². The van der Waals surface area contributed by atoms with Gasteiger partial charge in [0.15, 0.2) is 0 Å². The summed E-state index contributed by atoms with van der Waals surface area (Å²) >= 11 is 6.30. The lowest BCUT2D eigenvalue weighted by Gasteiger charge is -2.11. The predicted octanol–water partition coefficient (Wildman–Crippen LogP) is 3.78. The maximum Gasteiger partial charge on any atom is 0.119 e. The van der Waals surface area contributed by atoms with Gasteiger partial charge in [-0.05, 0) is 41.8 Å². The lowest BCUT2D eigenvalue weighted by atomic mass is 9.99. The molecule has 3 heteroatoms. The molecule has 0 fully saturated rings. The first-order valence-corrected chi connectivity index (χ1v) is 6.17. The van der Waals surface area contributed by atoms with Crippen molar-refractivity contribution in [2.45, 2.75) is 13.5 Å². The topological polar surface area (TPSA) is 35.2 Å². The van der Waals surface area contributed by atoms with Crippen LogP contribution in [-0.2, 0) is 6.54 Å². The van der Waals surface area contributed by atoms with E-state index in [1.165, 1.54) is 0 Å². The van der Waals surface area contributed by atoms with Crippen LogP contribution in [0.15, 0.2) is 36.4 Å². The van der Waals surface area contributed by atoms with Gasteiger partial charge in [-0.25, -0.2) is 0 Å². The summed E-state index contributed by atoms with van der Waals surface area (Å²) < 4.78 is 5.20. The van der Waals surface area contributed by atoms with Crippen molar-refractivity contribution in [2.75, 3.05) is 7.11 Å².